The van der Waals surface area contributed by atoms with Crippen LogP contribution in [0.5, 0.6) is 0 Å². The summed E-state index contributed by atoms with van der Waals surface area (Å²) in [5, 5.41) is 12.4. The number of nitrogens with zero attached hydrogens (tertiary/aromatic N) is 1. The molecular weight excluding hydrogens is 268 g/mol. The number of urea groups is 1. The molecule has 5 heteroatoms. The molecule has 4 atom stereocenters. The van der Waals surface area contributed by atoms with Crippen molar-refractivity contribution in [2.45, 2.75) is 76.9 Å². The van der Waals surface area contributed by atoms with Gasteiger partial charge in [0.15, 0.2) is 0 Å². The molecule has 2 amide bonds. The Hall–Kier alpha value is -1.26. The van der Waals surface area contributed by atoms with Crippen LogP contribution in [0.2, 0.25) is 0 Å². The van der Waals surface area contributed by atoms with E-state index in [-0.39, 0.29) is 30.1 Å². The quantitative estimate of drug-likeness (QED) is 0.822. The van der Waals surface area contributed by atoms with Gasteiger partial charge in [-0.15, -0.1) is 0 Å². The molecule has 1 saturated carbocycles. The Morgan fingerprint density at radius 3 is 2.62 bits per heavy atom. The van der Waals surface area contributed by atoms with Gasteiger partial charge in [0.25, 0.3) is 0 Å². The minimum absolute atomic E-state index is 0.0334. The zero-order chi connectivity index (χ0) is 15.2. The van der Waals surface area contributed by atoms with Gasteiger partial charge in [-0.2, -0.15) is 0 Å². The first-order valence-electron chi connectivity index (χ1n) is 8.19. The SMILES string of the molecule is CC1(C)CCCC(NC(=O)N2C3CCC2C(C(=O)O)C3)C1. The third kappa shape index (κ3) is 2.74. The van der Waals surface area contributed by atoms with Crippen molar-refractivity contribution in [1.29, 1.82) is 0 Å². The van der Waals surface area contributed by atoms with Crippen LogP contribution in [0, 0.1) is 11.3 Å². The van der Waals surface area contributed by atoms with Crippen molar-refractivity contribution in [1.82, 2.24) is 10.2 Å². The van der Waals surface area contributed by atoms with Crippen molar-refractivity contribution in [3.63, 3.8) is 0 Å². The van der Waals surface area contributed by atoms with Crippen molar-refractivity contribution in [2.24, 2.45) is 11.3 Å². The summed E-state index contributed by atoms with van der Waals surface area (Å²) in [5.74, 6) is -1.11. The van der Waals surface area contributed by atoms with Crippen molar-refractivity contribution in [3.8, 4) is 0 Å². The van der Waals surface area contributed by atoms with Gasteiger partial charge in [-0.05, 0) is 43.9 Å². The lowest BCUT2D eigenvalue weighted by molar-refractivity contribution is -0.142. The molecule has 0 radical (unpaired) electrons. The van der Waals surface area contributed by atoms with Crippen molar-refractivity contribution >= 4 is 12.0 Å². The molecule has 0 spiro atoms. The van der Waals surface area contributed by atoms with E-state index < -0.39 is 5.97 Å². The number of carbonyl (C=O) groups excluding carboxylic acids is 1. The fourth-order valence-corrected chi connectivity index (χ4v) is 4.64. The number of hydrogen-bond acceptors (Lipinski definition) is 2. The molecule has 3 fully saturated rings. The molecule has 0 aromatic heterocycles. The van der Waals surface area contributed by atoms with E-state index in [0.29, 0.717) is 11.8 Å². The Morgan fingerprint density at radius 2 is 2.00 bits per heavy atom. The first-order valence-corrected chi connectivity index (χ1v) is 8.19. The van der Waals surface area contributed by atoms with E-state index in [4.69, 9.17) is 0 Å². The number of carbonyl (C=O) groups is 2. The van der Waals surface area contributed by atoms with Crippen LogP contribution in [-0.2, 0) is 4.79 Å². The number of carboxylic acid groups (broad SMARTS) is 1. The van der Waals surface area contributed by atoms with Crippen LogP contribution in [0.1, 0.15) is 58.8 Å². The summed E-state index contributed by atoms with van der Waals surface area (Å²) in [7, 11) is 0. The summed E-state index contributed by atoms with van der Waals surface area (Å²) in [4.78, 5) is 25.7. The van der Waals surface area contributed by atoms with Gasteiger partial charge in [0.2, 0.25) is 0 Å². The Bertz CT molecular complexity index is 449. The zero-order valence-corrected chi connectivity index (χ0v) is 13.0. The first-order chi connectivity index (χ1) is 9.87. The summed E-state index contributed by atoms with van der Waals surface area (Å²) >= 11 is 0. The second-order valence-corrected chi connectivity index (χ2v) is 7.79. The Balaban J connectivity index is 1.63. The zero-order valence-electron chi connectivity index (χ0n) is 13.0. The second kappa shape index (κ2) is 5.18. The lowest BCUT2D eigenvalue weighted by atomic mass is 9.75. The van der Waals surface area contributed by atoms with Crippen molar-refractivity contribution in [2.75, 3.05) is 0 Å². The maximum atomic E-state index is 12.6. The molecule has 5 nitrogen and oxygen atoms in total. The lowest BCUT2D eigenvalue weighted by Gasteiger charge is -2.36. The fourth-order valence-electron chi connectivity index (χ4n) is 4.64. The normalized spacial score (nSPS) is 37.5. The molecule has 4 unspecified atom stereocenters. The monoisotopic (exact) mass is 294 g/mol. The average molecular weight is 294 g/mol. The van der Waals surface area contributed by atoms with Crippen molar-refractivity contribution in [3.05, 3.63) is 0 Å². The Kier molecular flexibility index (Phi) is 3.62. The largest absolute Gasteiger partial charge is 0.481 e. The predicted molar refractivity (Wildman–Crippen MR) is 79.0 cm³/mol. The van der Waals surface area contributed by atoms with Gasteiger partial charge in [0, 0.05) is 18.1 Å². The van der Waals surface area contributed by atoms with Gasteiger partial charge < -0.3 is 15.3 Å². The maximum Gasteiger partial charge on any atom is 0.318 e. The summed E-state index contributed by atoms with van der Waals surface area (Å²) in [6.45, 7) is 4.51. The van der Waals surface area contributed by atoms with Gasteiger partial charge in [0.05, 0.1) is 5.92 Å². The molecule has 1 aliphatic carbocycles. The number of fused-ring (bicyclic) bond motifs is 2. The van der Waals surface area contributed by atoms with Crippen LogP contribution in [-0.4, -0.2) is 40.1 Å². The summed E-state index contributed by atoms with van der Waals surface area (Å²) < 4.78 is 0. The van der Waals surface area contributed by atoms with Gasteiger partial charge in [-0.25, -0.2) is 4.79 Å². The highest BCUT2D eigenvalue weighted by molar-refractivity contribution is 5.79. The second-order valence-electron chi connectivity index (χ2n) is 7.79. The molecular formula is C16H26N2O3. The molecule has 0 aromatic carbocycles. The molecule has 2 bridgehead atoms. The minimum atomic E-state index is -0.751. The average Bonchev–Trinajstić information content (AvgIpc) is 2.94. The van der Waals surface area contributed by atoms with Crippen LogP contribution in [0.4, 0.5) is 4.79 Å². The summed E-state index contributed by atoms with van der Waals surface area (Å²) in [6.07, 6.45) is 6.86. The minimum Gasteiger partial charge on any atom is -0.481 e. The van der Waals surface area contributed by atoms with Crippen LogP contribution >= 0.6 is 0 Å². The number of amides is 2. The summed E-state index contributed by atoms with van der Waals surface area (Å²) in [6, 6.07) is 0.246. The highest BCUT2D eigenvalue weighted by Crippen LogP contribution is 2.42. The first kappa shape index (κ1) is 14.7. The lowest BCUT2D eigenvalue weighted by Crippen LogP contribution is -2.49. The van der Waals surface area contributed by atoms with E-state index in [1.54, 1.807) is 0 Å². The highest BCUT2D eigenvalue weighted by Gasteiger charge is 2.51. The molecule has 2 saturated heterocycles. The van der Waals surface area contributed by atoms with Crippen LogP contribution in [0.15, 0.2) is 0 Å². The highest BCUT2D eigenvalue weighted by atomic mass is 16.4. The number of carboxylic acids is 1. The number of rotatable bonds is 2. The fraction of sp³-hybridized carbons (Fsp3) is 0.875. The molecule has 21 heavy (non-hydrogen) atoms. The molecule has 2 aliphatic heterocycles. The third-order valence-corrected chi connectivity index (χ3v) is 5.62. The molecule has 2 heterocycles. The predicted octanol–water partition coefficient (Wildman–Crippen LogP) is 2.60. The summed E-state index contributed by atoms with van der Waals surface area (Å²) in [5.41, 5.74) is 0.295. The van der Waals surface area contributed by atoms with E-state index in [9.17, 15) is 14.7 Å². The van der Waals surface area contributed by atoms with Gasteiger partial charge in [-0.3, -0.25) is 4.79 Å². The number of nitrogens with one attached hydrogen (secondary N) is 1. The van der Waals surface area contributed by atoms with E-state index >= 15 is 0 Å². The Labute approximate surface area is 126 Å². The van der Waals surface area contributed by atoms with Crippen LogP contribution in [0.25, 0.3) is 0 Å². The molecule has 0 aromatic rings. The van der Waals surface area contributed by atoms with Gasteiger partial charge >= 0.3 is 12.0 Å². The van der Waals surface area contributed by atoms with Gasteiger partial charge in [0.1, 0.15) is 0 Å². The molecule has 3 rings (SSSR count). The number of hydrogen-bond donors (Lipinski definition) is 2. The van der Waals surface area contributed by atoms with Crippen molar-refractivity contribution < 1.29 is 14.7 Å². The molecule has 3 aliphatic rings. The van der Waals surface area contributed by atoms with E-state index in [1.807, 2.05) is 4.90 Å². The third-order valence-electron chi connectivity index (χ3n) is 5.62. The smallest absolute Gasteiger partial charge is 0.318 e. The van der Waals surface area contributed by atoms with Gasteiger partial charge in [-0.1, -0.05) is 20.3 Å². The molecule has 2 N–H and O–H groups in total. The van der Waals surface area contributed by atoms with E-state index in [2.05, 4.69) is 19.2 Å². The topological polar surface area (TPSA) is 69.6 Å². The Morgan fingerprint density at radius 1 is 1.24 bits per heavy atom. The number of aliphatic carboxylic acids is 1. The van der Waals surface area contributed by atoms with Crippen LogP contribution in [0.3, 0.4) is 0 Å². The van der Waals surface area contributed by atoms with Crippen LogP contribution < -0.4 is 5.32 Å². The van der Waals surface area contributed by atoms with E-state index in [0.717, 1.165) is 32.1 Å². The standard InChI is InChI=1S/C16H26N2O3/c1-16(2)7-3-4-10(9-16)17-15(21)18-11-5-6-13(18)12(8-11)14(19)20/h10-13H,3-9H2,1-2H3,(H,17,21)(H,19,20). The maximum absolute atomic E-state index is 12.6. The van der Waals surface area contributed by atoms with E-state index in [1.165, 1.54) is 6.42 Å². The molecule has 118 valence electrons.